The first-order valence-electron chi connectivity index (χ1n) is 8.49. The summed E-state index contributed by atoms with van der Waals surface area (Å²) in [6, 6.07) is 6.26. The van der Waals surface area contributed by atoms with Crippen LogP contribution < -0.4 is 16.0 Å². The van der Waals surface area contributed by atoms with E-state index in [0.717, 1.165) is 10.8 Å². The highest BCUT2D eigenvalue weighted by atomic mass is 127. The molecule has 2 heterocycles. The number of benzene rings is 1. The number of hydrogen-bond acceptors (Lipinski definition) is 7. The van der Waals surface area contributed by atoms with Crippen LogP contribution in [0.25, 0.3) is 10.4 Å². The second kappa shape index (κ2) is 9.08. The monoisotopic (exact) mass is 547 g/mol. The van der Waals surface area contributed by atoms with E-state index in [1.165, 1.54) is 19.2 Å². The van der Waals surface area contributed by atoms with Gasteiger partial charge in [0.2, 0.25) is 0 Å². The fraction of sp³-hybridized carbons (Fsp3) is 0.353. The first-order valence-corrected chi connectivity index (χ1v) is 10.4. The van der Waals surface area contributed by atoms with Gasteiger partial charge >= 0.3 is 11.7 Å². The predicted molar refractivity (Wildman–Crippen MR) is 114 cm³/mol. The topological polar surface area (TPSA) is 148 Å². The van der Waals surface area contributed by atoms with Gasteiger partial charge in [-0.3, -0.25) is 14.3 Å². The van der Waals surface area contributed by atoms with E-state index in [0.29, 0.717) is 5.75 Å². The van der Waals surface area contributed by atoms with Crippen molar-refractivity contribution in [3.63, 3.8) is 0 Å². The molecule has 2 aromatic rings. The first kappa shape index (κ1) is 22.2. The van der Waals surface area contributed by atoms with Crippen molar-refractivity contribution in [3.8, 4) is 5.75 Å². The third-order valence-corrected chi connectivity index (χ3v) is 5.84. The van der Waals surface area contributed by atoms with Crippen LogP contribution in [0.4, 0.5) is 0 Å². The molecule has 13 heteroatoms. The zero-order chi connectivity index (χ0) is 21.9. The van der Waals surface area contributed by atoms with Gasteiger partial charge in [0.05, 0.1) is 12.7 Å². The molecule has 0 saturated carbocycles. The van der Waals surface area contributed by atoms with Crippen molar-refractivity contribution in [2.45, 2.75) is 24.5 Å². The number of aromatic nitrogens is 2. The number of aromatic amines is 1. The number of ether oxygens (including phenoxy) is 3. The van der Waals surface area contributed by atoms with E-state index in [2.05, 4.69) is 15.0 Å². The second-order valence-corrected chi connectivity index (χ2v) is 7.41. The van der Waals surface area contributed by atoms with Gasteiger partial charge in [0.15, 0.2) is 5.72 Å². The normalized spacial score (nSPS) is 22.9. The predicted octanol–water partition coefficient (Wildman–Crippen LogP) is 2.78. The van der Waals surface area contributed by atoms with E-state index in [1.807, 2.05) is 22.6 Å². The Bertz CT molecular complexity index is 1110. The minimum absolute atomic E-state index is 0.00774. The Kier molecular flexibility index (Phi) is 6.71. The van der Waals surface area contributed by atoms with E-state index < -0.39 is 35.3 Å². The summed E-state index contributed by atoms with van der Waals surface area (Å²) in [7, 11) is 1.50. The Balaban J connectivity index is 1.92. The van der Waals surface area contributed by atoms with Crippen LogP contribution in [-0.4, -0.2) is 38.9 Å². The van der Waals surface area contributed by atoms with Crippen molar-refractivity contribution < 1.29 is 19.0 Å². The van der Waals surface area contributed by atoms with E-state index in [4.69, 9.17) is 31.3 Å². The Morgan fingerprint density at radius 2 is 2.17 bits per heavy atom. The molecule has 1 aliphatic heterocycles. The Labute approximate surface area is 187 Å². The summed E-state index contributed by atoms with van der Waals surface area (Å²) < 4.78 is 17.7. The number of methoxy groups -OCH3 is 1. The molecular weight excluding hydrogens is 533 g/mol. The molecule has 0 aliphatic carbocycles. The average Bonchev–Trinajstić information content (AvgIpc) is 3.09. The van der Waals surface area contributed by atoms with Crippen molar-refractivity contribution in [1.29, 1.82) is 0 Å². The number of nitrogens with zero attached hydrogens (tertiary/aromatic N) is 4. The van der Waals surface area contributed by atoms with Gasteiger partial charge < -0.3 is 14.2 Å². The average molecular weight is 548 g/mol. The van der Waals surface area contributed by atoms with Crippen LogP contribution in [0.5, 0.6) is 5.75 Å². The van der Waals surface area contributed by atoms with Crippen molar-refractivity contribution in [2.24, 2.45) is 5.11 Å². The van der Waals surface area contributed by atoms with Gasteiger partial charge in [-0.05, 0) is 29.8 Å². The minimum Gasteiger partial charge on any atom is -0.497 e. The summed E-state index contributed by atoms with van der Waals surface area (Å²) in [6.45, 7) is 0. The third kappa shape index (κ3) is 4.31. The number of esters is 1. The molecule has 1 aliphatic rings. The number of azide groups is 1. The molecule has 1 saturated heterocycles. The van der Waals surface area contributed by atoms with Crippen LogP contribution >= 0.6 is 34.2 Å². The van der Waals surface area contributed by atoms with E-state index in [-0.39, 0.29) is 21.4 Å². The maximum Gasteiger partial charge on any atom is 0.338 e. The summed E-state index contributed by atoms with van der Waals surface area (Å²) in [5.74, 6) is -0.0954. The Morgan fingerprint density at radius 1 is 1.47 bits per heavy atom. The molecule has 3 atom stereocenters. The Morgan fingerprint density at radius 3 is 2.77 bits per heavy atom. The largest absolute Gasteiger partial charge is 0.497 e. The Hall–Kier alpha value is -2.54. The van der Waals surface area contributed by atoms with Gasteiger partial charge in [-0.1, -0.05) is 39.3 Å². The number of rotatable bonds is 6. The number of nitrogens with one attached hydrogen (secondary N) is 1. The van der Waals surface area contributed by atoms with Crippen LogP contribution in [-0.2, 0) is 9.47 Å². The molecule has 0 unspecified atom stereocenters. The fourth-order valence-corrected chi connectivity index (χ4v) is 3.92. The van der Waals surface area contributed by atoms with E-state index >= 15 is 0 Å². The zero-order valence-corrected chi connectivity index (χ0v) is 18.4. The summed E-state index contributed by atoms with van der Waals surface area (Å²) in [6.07, 6.45) is -0.871. The van der Waals surface area contributed by atoms with E-state index in [1.54, 1.807) is 12.1 Å². The lowest BCUT2D eigenvalue weighted by Gasteiger charge is -2.27. The molecule has 1 fully saturated rings. The quantitative estimate of drug-likeness (QED) is 0.147. The van der Waals surface area contributed by atoms with Crippen LogP contribution in [0.2, 0.25) is 5.02 Å². The standard InChI is InChI=1S/C17H15ClIN5O6/c1-28-10-4-2-9(3-5-10)15(26)29-12-6-13(30-17(12,8-19)22-23-20)24-7-11(18)14(25)21-16(24)27/h2-5,7,12-13H,6,8H2,1H3,(H,21,25,27)/t12-,13+,17+/m0/s1. The molecule has 0 radical (unpaired) electrons. The number of carbonyl (C=O) groups excluding carboxylic acids is 1. The molecule has 158 valence electrons. The van der Waals surface area contributed by atoms with Gasteiger partial charge in [-0.2, -0.15) is 0 Å². The van der Waals surface area contributed by atoms with Crippen LogP contribution in [0, 0.1) is 0 Å². The first-order chi connectivity index (χ1) is 14.3. The third-order valence-electron chi connectivity index (χ3n) is 4.47. The number of halogens is 2. The van der Waals surface area contributed by atoms with Crippen molar-refractivity contribution in [3.05, 3.63) is 72.3 Å². The zero-order valence-electron chi connectivity index (χ0n) is 15.4. The molecule has 11 nitrogen and oxygen atoms in total. The number of hydrogen-bond donors (Lipinski definition) is 1. The van der Waals surface area contributed by atoms with Crippen LogP contribution in [0.15, 0.2) is 45.2 Å². The lowest BCUT2D eigenvalue weighted by atomic mass is 10.1. The number of carbonyl (C=O) groups is 1. The summed E-state index contributed by atoms with van der Waals surface area (Å²) >= 11 is 7.75. The number of H-pyrrole nitrogens is 1. The highest BCUT2D eigenvalue weighted by molar-refractivity contribution is 14.1. The van der Waals surface area contributed by atoms with Gasteiger partial charge in [-0.25, -0.2) is 9.59 Å². The molecule has 1 N–H and O–H groups in total. The number of alkyl halides is 1. The second-order valence-electron chi connectivity index (χ2n) is 6.24. The molecular formula is C17H15ClIN5O6. The van der Waals surface area contributed by atoms with Crippen LogP contribution in [0.3, 0.4) is 0 Å². The minimum atomic E-state index is -1.55. The lowest BCUT2D eigenvalue weighted by Crippen LogP contribution is -2.41. The smallest absolute Gasteiger partial charge is 0.338 e. The van der Waals surface area contributed by atoms with Gasteiger partial charge in [0.1, 0.15) is 23.1 Å². The van der Waals surface area contributed by atoms with Crippen molar-refractivity contribution in [1.82, 2.24) is 9.55 Å². The van der Waals surface area contributed by atoms with E-state index in [9.17, 15) is 14.4 Å². The SMILES string of the molecule is COc1ccc(C(=O)O[C@H]2C[C@H](n3cc(Cl)c(=O)[nH]c3=O)O[C@@]2(CI)N=[N+]=[N-])cc1. The molecule has 0 amide bonds. The summed E-state index contributed by atoms with van der Waals surface area (Å²) in [5, 5.41) is 3.49. The van der Waals surface area contributed by atoms with Gasteiger partial charge in [0.25, 0.3) is 5.56 Å². The lowest BCUT2D eigenvalue weighted by molar-refractivity contribution is -0.0865. The molecule has 0 bridgehead atoms. The summed E-state index contributed by atoms with van der Waals surface area (Å²) in [5.41, 5.74) is 6.22. The van der Waals surface area contributed by atoms with Crippen LogP contribution in [0.1, 0.15) is 23.0 Å². The molecule has 1 aromatic carbocycles. The van der Waals surface area contributed by atoms with Gasteiger partial charge in [0, 0.05) is 22.0 Å². The maximum absolute atomic E-state index is 12.6. The molecule has 1 aromatic heterocycles. The molecule has 3 rings (SSSR count). The van der Waals surface area contributed by atoms with Gasteiger partial charge in [-0.15, -0.1) is 0 Å². The maximum atomic E-state index is 12.6. The molecule has 30 heavy (non-hydrogen) atoms. The van der Waals surface area contributed by atoms with Crippen molar-refractivity contribution >= 4 is 40.2 Å². The van der Waals surface area contributed by atoms with Crippen molar-refractivity contribution in [2.75, 3.05) is 11.5 Å². The summed E-state index contributed by atoms with van der Waals surface area (Å²) in [4.78, 5) is 41.2. The highest BCUT2D eigenvalue weighted by Crippen LogP contribution is 2.41. The fourth-order valence-electron chi connectivity index (χ4n) is 2.94. The highest BCUT2D eigenvalue weighted by Gasteiger charge is 2.51. The molecule has 0 spiro atoms.